The number of carbonyl (C=O) groups is 2. The number of hydrogen-bond donors (Lipinski definition) is 1. The van der Waals surface area contributed by atoms with Crippen molar-refractivity contribution < 1.29 is 14.7 Å². The van der Waals surface area contributed by atoms with E-state index in [1.165, 1.54) is 5.56 Å². The molecule has 0 aliphatic carbocycles. The fourth-order valence-corrected chi connectivity index (χ4v) is 3.26. The van der Waals surface area contributed by atoms with Gasteiger partial charge in [-0.1, -0.05) is 30.3 Å². The fourth-order valence-electron chi connectivity index (χ4n) is 3.26. The van der Waals surface area contributed by atoms with Gasteiger partial charge in [0.05, 0.1) is 12.1 Å². The summed E-state index contributed by atoms with van der Waals surface area (Å²) in [7, 11) is 0. The molecule has 1 aliphatic rings. The number of carbonyl (C=O) groups excluding carboxylic acids is 1. The molecule has 2 aromatic heterocycles. The first-order valence-corrected chi connectivity index (χ1v) is 9.18. The van der Waals surface area contributed by atoms with E-state index in [0.29, 0.717) is 24.7 Å². The van der Waals surface area contributed by atoms with Gasteiger partial charge < -0.3 is 10.0 Å². The Hall–Kier alpha value is -3.62. The third-order valence-corrected chi connectivity index (χ3v) is 4.71. The molecule has 1 N–H and O–H groups in total. The van der Waals surface area contributed by atoms with Crippen LogP contribution in [0.5, 0.6) is 0 Å². The number of fused-ring (bicyclic) bond motifs is 1. The first-order valence-electron chi connectivity index (χ1n) is 9.18. The zero-order chi connectivity index (χ0) is 20.8. The Balaban J connectivity index is 0.000000755. The van der Waals surface area contributed by atoms with Gasteiger partial charge in [-0.3, -0.25) is 14.2 Å². The summed E-state index contributed by atoms with van der Waals surface area (Å²) in [6.45, 7) is 4.61. The first kappa shape index (κ1) is 20.1. The van der Waals surface area contributed by atoms with Crippen molar-refractivity contribution in [3.63, 3.8) is 0 Å². The number of benzene rings is 1. The lowest BCUT2D eigenvalue weighted by atomic mass is 10.1. The highest BCUT2D eigenvalue weighted by Crippen LogP contribution is 2.27. The number of amides is 1. The van der Waals surface area contributed by atoms with Crippen LogP contribution in [0.4, 0.5) is 0 Å². The van der Waals surface area contributed by atoms with E-state index < -0.39 is 0 Å². The van der Waals surface area contributed by atoms with E-state index >= 15 is 0 Å². The van der Waals surface area contributed by atoms with Crippen LogP contribution in [0.15, 0.2) is 42.7 Å². The summed E-state index contributed by atoms with van der Waals surface area (Å²) in [5.41, 5.74) is 1.99. The Bertz CT molecular complexity index is 972. The number of nitrogens with zero attached hydrogens (tertiary/aromatic N) is 6. The molecule has 3 heterocycles. The molecular weight excluding hydrogens is 372 g/mol. The Morgan fingerprint density at radius 1 is 1.17 bits per heavy atom. The smallest absolute Gasteiger partial charge is 0.290 e. The van der Waals surface area contributed by atoms with Gasteiger partial charge in [0.15, 0.2) is 11.6 Å². The highest BCUT2D eigenvalue weighted by atomic mass is 16.3. The van der Waals surface area contributed by atoms with Gasteiger partial charge in [-0.15, -0.1) is 10.2 Å². The second-order valence-electron chi connectivity index (χ2n) is 6.61. The topological polar surface area (TPSA) is 114 Å². The molecular formula is C20H22N6O3. The van der Waals surface area contributed by atoms with Crippen LogP contribution < -0.4 is 0 Å². The van der Waals surface area contributed by atoms with Crippen molar-refractivity contribution in [1.82, 2.24) is 29.6 Å². The minimum atomic E-state index is -0.346. The molecule has 9 nitrogen and oxygen atoms in total. The normalized spacial score (nSPS) is 15.3. The average Bonchev–Trinajstić information content (AvgIpc) is 3.15. The molecule has 150 valence electrons. The predicted octanol–water partition coefficient (Wildman–Crippen LogP) is 1.89. The summed E-state index contributed by atoms with van der Waals surface area (Å²) in [5.74, 6) is 2.22. The Kier molecular flexibility index (Phi) is 6.28. The van der Waals surface area contributed by atoms with Crippen molar-refractivity contribution in [3.8, 4) is 11.4 Å². The maximum atomic E-state index is 12.9. The molecule has 0 saturated heterocycles. The predicted molar refractivity (Wildman–Crippen MR) is 105 cm³/mol. The molecule has 0 saturated carbocycles. The first-order chi connectivity index (χ1) is 14.0. The van der Waals surface area contributed by atoms with Gasteiger partial charge in [0, 0.05) is 18.9 Å². The van der Waals surface area contributed by atoms with E-state index in [1.807, 2.05) is 41.5 Å². The number of rotatable bonds is 4. The summed E-state index contributed by atoms with van der Waals surface area (Å²) >= 11 is 0. The Morgan fingerprint density at radius 3 is 2.48 bits per heavy atom. The standard InChI is InChI=1S/C19H20N6O.CH2O2/c1-13-19(26)24(9-8-15-6-4-3-5-7-15)12-17-22-23-18(25(13)17)16-10-20-14(2)21-11-16;2-1-3/h3-7,10-11,13H,8-9,12H2,1-2H3;1H,(H,2,3)/t13-;/m1./s1. The molecule has 0 bridgehead atoms. The van der Waals surface area contributed by atoms with Gasteiger partial charge in [0.25, 0.3) is 6.47 Å². The summed E-state index contributed by atoms with van der Waals surface area (Å²) < 4.78 is 1.90. The monoisotopic (exact) mass is 394 g/mol. The van der Waals surface area contributed by atoms with Gasteiger partial charge in [0.1, 0.15) is 11.9 Å². The van der Waals surface area contributed by atoms with Gasteiger partial charge in [-0.2, -0.15) is 0 Å². The van der Waals surface area contributed by atoms with E-state index in [2.05, 4.69) is 32.3 Å². The highest BCUT2D eigenvalue weighted by Gasteiger charge is 2.33. The number of hydrogen-bond acceptors (Lipinski definition) is 6. The zero-order valence-electron chi connectivity index (χ0n) is 16.3. The third-order valence-electron chi connectivity index (χ3n) is 4.71. The highest BCUT2D eigenvalue weighted by molar-refractivity contribution is 5.82. The summed E-state index contributed by atoms with van der Waals surface area (Å²) in [6.07, 6.45) is 4.27. The van der Waals surface area contributed by atoms with Crippen molar-refractivity contribution in [2.75, 3.05) is 6.54 Å². The van der Waals surface area contributed by atoms with Crippen LogP contribution in [-0.4, -0.2) is 53.7 Å². The quantitative estimate of drug-likeness (QED) is 0.672. The van der Waals surface area contributed by atoms with E-state index in [9.17, 15) is 4.79 Å². The van der Waals surface area contributed by atoms with Gasteiger partial charge in [-0.25, -0.2) is 9.97 Å². The van der Waals surface area contributed by atoms with Crippen LogP contribution in [0.2, 0.25) is 0 Å². The fraction of sp³-hybridized carbons (Fsp3) is 0.300. The van der Waals surface area contributed by atoms with Crippen LogP contribution >= 0.6 is 0 Å². The molecule has 9 heteroatoms. The van der Waals surface area contributed by atoms with Crippen LogP contribution in [0, 0.1) is 6.92 Å². The molecule has 0 spiro atoms. The Labute approximate surface area is 168 Å². The third kappa shape index (κ3) is 4.45. The number of carboxylic acid groups (broad SMARTS) is 1. The Morgan fingerprint density at radius 2 is 1.83 bits per heavy atom. The second-order valence-corrected chi connectivity index (χ2v) is 6.61. The SMILES string of the molecule is Cc1ncc(-c2nnc3n2[C@H](C)C(=O)N(CCc2ccccc2)C3)cn1.O=CO. The molecule has 4 rings (SSSR count). The molecule has 1 amide bonds. The average molecular weight is 394 g/mol. The second kappa shape index (κ2) is 9.05. The lowest BCUT2D eigenvalue weighted by molar-refractivity contribution is -0.136. The maximum Gasteiger partial charge on any atom is 0.290 e. The van der Waals surface area contributed by atoms with Crippen LogP contribution in [0.25, 0.3) is 11.4 Å². The summed E-state index contributed by atoms with van der Waals surface area (Å²) in [5, 5.41) is 15.5. The summed E-state index contributed by atoms with van der Waals surface area (Å²) in [6, 6.07) is 9.84. The number of aromatic nitrogens is 5. The minimum Gasteiger partial charge on any atom is -0.483 e. The summed E-state index contributed by atoms with van der Waals surface area (Å²) in [4.78, 5) is 31.5. The van der Waals surface area contributed by atoms with E-state index in [1.54, 1.807) is 12.4 Å². The van der Waals surface area contributed by atoms with Crippen molar-refractivity contribution in [2.45, 2.75) is 32.9 Å². The minimum absolute atomic E-state index is 0.0857. The van der Waals surface area contributed by atoms with E-state index in [0.717, 1.165) is 17.8 Å². The van der Waals surface area contributed by atoms with E-state index in [-0.39, 0.29) is 18.4 Å². The maximum absolute atomic E-state index is 12.9. The largest absolute Gasteiger partial charge is 0.483 e. The van der Waals surface area contributed by atoms with Crippen LogP contribution in [-0.2, 0) is 22.6 Å². The van der Waals surface area contributed by atoms with Crippen molar-refractivity contribution in [2.24, 2.45) is 0 Å². The zero-order valence-corrected chi connectivity index (χ0v) is 16.3. The van der Waals surface area contributed by atoms with E-state index in [4.69, 9.17) is 9.90 Å². The molecule has 1 aromatic carbocycles. The van der Waals surface area contributed by atoms with Crippen molar-refractivity contribution in [1.29, 1.82) is 0 Å². The van der Waals surface area contributed by atoms with Gasteiger partial charge >= 0.3 is 0 Å². The van der Waals surface area contributed by atoms with Crippen molar-refractivity contribution in [3.05, 3.63) is 59.9 Å². The molecule has 1 atom stereocenters. The lowest BCUT2D eigenvalue weighted by Gasteiger charge is -2.32. The van der Waals surface area contributed by atoms with Gasteiger partial charge in [0.2, 0.25) is 5.91 Å². The molecule has 0 radical (unpaired) electrons. The number of aryl methyl sites for hydroxylation is 1. The van der Waals surface area contributed by atoms with Gasteiger partial charge in [-0.05, 0) is 25.8 Å². The molecule has 0 unspecified atom stereocenters. The molecule has 29 heavy (non-hydrogen) atoms. The van der Waals surface area contributed by atoms with Crippen LogP contribution in [0.3, 0.4) is 0 Å². The molecule has 1 aliphatic heterocycles. The van der Waals surface area contributed by atoms with Crippen LogP contribution in [0.1, 0.15) is 30.2 Å². The molecule has 3 aromatic rings. The molecule has 0 fully saturated rings. The van der Waals surface area contributed by atoms with Crippen molar-refractivity contribution >= 4 is 12.4 Å². The lowest BCUT2D eigenvalue weighted by Crippen LogP contribution is -2.42.